The van der Waals surface area contributed by atoms with Crippen molar-refractivity contribution in [1.82, 2.24) is 0 Å². The smallest absolute Gasteiger partial charge is 0.256 e. The molecule has 2 fully saturated rings. The third-order valence-electron chi connectivity index (χ3n) is 3.99. The fourth-order valence-electron chi connectivity index (χ4n) is 3.00. The highest BCUT2D eigenvalue weighted by atomic mass is 19.1. The van der Waals surface area contributed by atoms with Gasteiger partial charge in [0.2, 0.25) is 0 Å². The average Bonchev–Trinajstić information content (AvgIpc) is 2.76. The van der Waals surface area contributed by atoms with Crippen LogP contribution < -0.4 is 4.90 Å². The number of morpholine rings is 1. The summed E-state index contributed by atoms with van der Waals surface area (Å²) in [6.45, 7) is 3.85. The van der Waals surface area contributed by atoms with Crippen LogP contribution in [0.1, 0.15) is 38.2 Å². The summed E-state index contributed by atoms with van der Waals surface area (Å²) < 4.78 is 33.6. The van der Waals surface area contributed by atoms with Gasteiger partial charge in [-0.05, 0) is 30.9 Å². The van der Waals surface area contributed by atoms with Crippen molar-refractivity contribution in [2.75, 3.05) is 11.4 Å². The van der Waals surface area contributed by atoms with E-state index in [1.807, 2.05) is 0 Å². The van der Waals surface area contributed by atoms with Gasteiger partial charge in [0, 0.05) is 11.3 Å². The first kappa shape index (κ1) is 13.5. The standard InChI is InChI=1S/C15H17F2NO2/c1-8(2)14-11(16)5-9(6-12(14)17)18-7-10-3-4-13(20-10)15(18)19/h5-6,8,10,13H,3-4,7H2,1-2H3. The number of amides is 1. The molecule has 2 atom stereocenters. The fourth-order valence-corrected chi connectivity index (χ4v) is 3.00. The van der Waals surface area contributed by atoms with Gasteiger partial charge in [-0.1, -0.05) is 13.8 Å². The van der Waals surface area contributed by atoms with Crippen LogP contribution in [0.2, 0.25) is 0 Å². The van der Waals surface area contributed by atoms with Crippen LogP contribution >= 0.6 is 0 Å². The number of nitrogens with zero attached hydrogens (tertiary/aromatic N) is 1. The Balaban J connectivity index is 1.97. The van der Waals surface area contributed by atoms with Gasteiger partial charge in [0.15, 0.2) is 0 Å². The zero-order valence-corrected chi connectivity index (χ0v) is 11.5. The summed E-state index contributed by atoms with van der Waals surface area (Å²) in [5, 5.41) is 0. The SMILES string of the molecule is CC(C)c1c(F)cc(N2CC3CCC(O3)C2=O)cc1F. The minimum absolute atomic E-state index is 0.0198. The van der Waals surface area contributed by atoms with Gasteiger partial charge in [-0.15, -0.1) is 0 Å². The van der Waals surface area contributed by atoms with Crippen LogP contribution in [0.4, 0.5) is 14.5 Å². The van der Waals surface area contributed by atoms with Crippen molar-refractivity contribution >= 4 is 11.6 Å². The second-order valence-corrected chi connectivity index (χ2v) is 5.75. The van der Waals surface area contributed by atoms with Crippen LogP contribution in [0.5, 0.6) is 0 Å². The van der Waals surface area contributed by atoms with E-state index in [1.54, 1.807) is 13.8 Å². The Bertz CT molecular complexity index is 536. The topological polar surface area (TPSA) is 29.5 Å². The number of ether oxygens (including phenoxy) is 1. The summed E-state index contributed by atoms with van der Waals surface area (Å²) in [6, 6.07) is 2.50. The van der Waals surface area contributed by atoms with Gasteiger partial charge in [-0.2, -0.15) is 0 Å². The molecule has 2 saturated heterocycles. The van der Waals surface area contributed by atoms with Crippen molar-refractivity contribution < 1.29 is 18.3 Å². The van der Waals surface area contributed by atoms with E-state index in [1.165, 1.54) is 17.0 Å². The molecule has 2 aliphatic rings. The van der Waals surface area contributed by atoms with Crippen molar-refractivity contribution in [3.63, 3.8) is 0 Å². The highest BCUT2D eigenvalue weighted by Crippen LogP contribution is 2.33. The Labute approximate surface area is 116 Å². The van der Waals surface area contributed by atoms with Crippen molar-refractivity contribution in [2.45, 2.75) is 44.8 Å². The predicted molar refractivity (Wildman–Crippen MR) is 70.7 cm³/mol. The lowest BCUT2D eigenvalue weighted by atomic mass is 10.0. The third kappa shape index (κ3) is 2.10. The molecule has 0 aromatic heterocycles. The number of carbonyl (C=O) groups is 1. The Kier molecular flexibility index (Phi) is 3.24. The minimum Gasteiger partial charge on any atom is -0.363 e. The van der Waals surface area contributed by atoms with Gasteiger partial charge in [0.25, 0.3) is 5.91 Å². The van der Waals surface area contributed by atoms with Gasteiger partial charge in [0.05, 0.1) is 12.6 Å². The fraction of sp³-hybridized carbons (Fsp3) is 0.533. The third-order valence-corrected chi connectivity index (χ3v) is 3.99. The second-order valence-electron chi connectivity index (χ2n) is 5.75. The number of halogens is 2. The number of anilines is 1. The lowest BCUT2D eigenvalue weighted by Crippen LogP contribution is -2.47. The number of hydrogen-bond acceptors (Lipinski definition) is 2. The molecule has 0 spiro atoms. The zero-order valence-electron chi connectivity index (χ0n) is 11.5. The Hall–Kier alpha value is -1.49. The molecule has 108 valence electrons. The maximum atomic E-state index is 14.0. The van der Waals surface area contributed by atoms with Gasteiger partial charge in [0.1, 0.15) is 17.7 Å². The highest BCUT2D eigenvalue weighted by Gasteiger charge is 2.41. The van der Waals surface area contributed by atoms with Crippen molar-refractivity contribution in [3.8, 4) is 0 Å². The van der Waals surface area contributed by atoms with Gasteiger partial charge in [-0.3, -0.25) is 4.79 Å². The van der Waals surface area contributed by atoms with Crippen LogP contribution in [0.3, 0.4) is 0 Å². The molecule has 3 rings (SSSR count). The molecule has 1 amide bonds. The van der Waals surface area contributed by atoms with Crippen molar-refractivity contribution in [1.29, 1.82) is 0 Å². The van der Waals surface area contributed by atoms with Gasteiger partial charge in [-0.25, -0.2) is 8.78 Å². The first-order valence-corrected chi connectivity index (χ1v) is 6.93. The maximum absolute atomic E-state index is 14.0. The Morgan fingerprint density at radius 2 is 1.90 bits per heavy atom. The average molecular weight is 281 g/mol. The summed E-state index contributed by atoms with van der Waals surface area (Å²) in [5.41, 5.74) is 0.354. The molecule has 0 N–H and O–H groups in total. The predicted octanol–water partition coefficient (Wildman–Crippen LogP) is 2.98. The van der Waals surface area contributed by atoms with Crippen LogP contribution in [0.15, 0.2) is 12.1 Å². The van der Waals surface area contributed by atoms with E-state index in [0.29, 0.717) is 13.0 Å². The molecule has 1 aromatic carbocycles. The number of benzene rings is 1. The zero-order chi connectivity index (χ0) is 14.4. The van der Waals surface area contributed by atoms with E-state index in [-0.39, 0.29) is 29.2 Å². The van der Waals surface area contributed by atoms with Crippen LogP contribution in [-0.2, 0) is 9.53 Å². The summed E-state index contributed by atoms with van der Waals surface area (Å²) in [6.07, 6.45) is 1.04. The molecular formula is C15H17F2NO2. The minimum atomic E-state index is -0.596. The molecule has 3 nitrogen and oxygen atoms in total. The lowest BCUT2D eigenvalue weighted by molar-refractivity contribution is -0.133. The van der Waals surface area contributed by atoms with E-state index < -0.39 is 17.7 Å². The molecule has 5 heteroatoms. The van der Waals surface area contributed by atoms with Crippen LogP contribution in [0.25, 0.3) is 0 Å². The number of fused-ring (bicyclic) bond motifs is 2. The summed E-state index contributed by atoms with van der Waals surface area (Å²) in [4.78, 5) is 13.6. The van der Waals surface area contributed by atoms with Crippen LogP contribution in [-0.4, -0.2) is 24.7 Å². The van der Waals surface area contributed by atoms with E-state index in [2.05, 4.69) is 0 Å². The number of rotatable bonds is 2. The summed E-state index contributed by atoms with van der Waals surface area (Å²) in [7, 11) is 0. The van der Waals surface area contributed by atoms with Crippen molar-refractivity contribution in [3.05, 3.63) is 29.3 Å². The van der Waals surface area contributed by atoms with E-state index in [9.17, 15) is 13.6 Å². The van der Waals surface area contributed by atoms with Gasteiger partial charge < -0.3 is 9.64 Å². The normalized spacial score (nSPS) is 25.6. The molecule has 2 heterocycles. The summed E-state index contributed by atoms with van der Waals surface area (Å²) >= 11 is 0. The number of carbonyl (C=O) groups excluding carboxylic acids is 1. The molecule has 2 bridgehead atoms. The molecule has 2 aliphatic heterocycles. The second kappa shape index (κ2) is 4.81. The van der Waals surface area contributed by atoms with Gasteiger partial charge >= 0.3 is 0 Å². The molecule has 2 unspecified atom stereocenters. The summed E-state index contributed by atoms with van der Waals surface area (Å²) in [5.74, 6) is -1.63. The molecular weight excluding hydrogens is 264 g/mol. The monoisotopic (exact) mass is 281 g/mol. The van der Waals surface area contributed by atoms with E-state index >= 15 is 0 Å². The first-order valence-electron chi connectivity index (χ1n) is 6.93. The lowest BCUT2D eigenvalue weighted by Gasteiger charge is -2.32. The molecule has 0 aliphatic carbocycles. The maximum Gasteiger partial charge on any atom is 0.256 e. The van der Waals surface area contributed by atoms with E-state index in [0.717, 1.165) is 6.42 Å². The van der Waals surface area contributed by atoms with E-state index in [4.69, 9.17) is 4.74 Å². The largest absolute Gasteiger partial charge is 0.363 e. The Morgan fingerprint density at radius 1 is 1.25 bits per heavy atom. The van der Waals surface area contributed by atoms with Crippen LogP contribution in [0, 0.1) is 11.6 Å². The van der Waals surface area contributed by atoms with Crippen molar-refractivity contribution in [2.24, 2.45) is 0 Å². The molecule has 0 saturated carbocycles. The molecule has 1 aromatic rings. The quantitative estimate of drug-likeness (QED) is 0.834. The Morgan fingerprint density at radius 3 is 2.50 bits per heavy atom. The molecule has 0 radical (unpaired) electrons. The highest BCUT2D eigenvalue weighted by molar-refractivity contribution is 5.97. The molecule has 20 heavy (non-hydrogen) atoms. The number of hydrogen-bond donors (Lipinski definition) is 0. The first-order chi connectivity index (χ1) is 9.47.